The fourth-order valence-corrected chi connectivity index (χ4v) is 1.79. The SMILES string of the molecule is C=CC[C@H](N)c1ccc(OC)c(Br)c1. The molecule has 2 N–H and O–H groups in total. The molecular weight excluding hydrogens is 242 g/mol. The average Bonchev–Trinajstić information content (AvgIpc) is 2.18. The Morgan fingerprint density at radius 3 is 2.86 bits per heavy atom. The molecule has 0 aliphatic carbocycles. The Morgan fingerprint density at radius 1 is 1.64 bits per heavy atom. The van der Waals surface area contributed by atoms with E-state index in [1.54, 1.807) is 7.11 Å². The highest BCUT2D eigenvalue weighted by Crippen LogP contribution is 2.28. The highest BCUT2D eigenvalue weighted by atomic mass is 79.9. The first-order chi connectivity index (χ1) is 6.69. The fourth-order valence-electron chi connectivity index (χ4n) is 1.23. The van der Waals surface area contributed by atoms with Gasteiger partial charge in [0, 0.05) is 6.04 Å². The lowest BCUT2D eigenvalue weighted by Crippen LogP contribution is -2.08. The van der Waals surface area contributed by atoms with E-state index in [1.807, 2.05) is 24.3 Å². The van der Waals surface area contributed by atoms with Gasteiger partial charge in [-0.05, 0) is 40.0 Å². The number of nitrogens with two attached hydrogens (primary N) is 1. The molecule has 0 saturated carbocycles. The Morgan fingerprint density at radius 2 is 2.36 bits per heavy atom. The zero-order valence-electron chi connectivity index (χ0n) is 8.16. The Hall–Kier alpha value is -0.800. The van der Waals surface area contributed by atoms with Gasteiger partial charge >= 0.3 is 0 Å². The molecule has 0 radical (unpaired) electrons. The maximum atomic E-state index is 5.93. The summed E-state index contributed by atoms with van der Waals surface area (Å²) in [6, 6.07) is 5.86. The van der Waals surface area contributed by atoms with Crippen molar-refractivity contribution in [2.24, 2.45) is 5.73 Å². The number of benzene rings is 1. The maximum Gasteiger partial charge on any atom is 0.133 e. The molecule has 0 aliphatic rings. The highest BCUT2D eigenvalue weighted by molar-refractivity contribution is 9.10. The van der Waals surface area contributed by atoms with Crippen molar-refractivity contribution in [1.82, 2.24) is 0 Å². The lowest BCUT2D eigenvalue weighted by atomic mass is 10.0. The van der Waals surface area contributed by atoms with Crippen molar-refractivity contribution in [1.29, 1.82) is 0 Å². The average molecular weight is 256 g/mol. The number of halogens is 1. The zero-order valence-corrected chi connectivity index (χ0v) is 9.75. The molecule has 1 rings (SSSR count). The highest BCUT2D eigenvalue weighted by Gasteiger charge is 2.06. The van der Waals surface area contributed by atoms with E-state index in [0.29, 0.717) is 0 Å². The molecule has 0 spiro atoms. The van der Waals surface area contributed by atoms with Gasteiger partial charge in [0.2, 0.25) is 0 Å². The van der Waals surface area contributed by atoms with E-state index in [1.165, 1.54) is 0 Å². The van der Waals surface area contributed by atoms with Gasteiger partial charge in [0.25, 0.3) is 0 Å². The summed E-state index contributed by atoms with van der Waals surface area (Å²) in [6.45, 7) is 3.67. The van der Waals surface area contributed by atoms with Crippen LogP contribution in [0.3, 0.4) is 0 Å². The molecule has 76 valence electrons. The second-order valence-corrected chi connectivity index (χ2v) is 3.88. The molecule has 1 aromatic rings. The Labute approximate surface area is 92.9 Å². The van der Waals surface area contributed by atoms with Crippen LogP contribution in [0.4, 0.5) is 0 Å². The Balaban J connectivity index is 2.90. The monoisotopic (exact) mass is 255 g/mol. The van der Waals surface area contributed by atoms with Crippen LogP contribution in [0, 0.1) is 0 Å². The predicted octanol–water partition coefficient (Wildman–Crippen LogP) is 3.03. The van der Waals surface area contributed by atoms with Gasteiger partial charge in [-0.3, -0.25) is 0 Å². The molecule has 0 unspecified atom stereocenters. The standard InChI is InChI=1S/C11H14BrNO/c1-3-4-10(13)8-5-6-11(14-2)9(12)7-8/h3,5-7,10H,1,4,13H2,2H3/t10-/m0/s1. The summed E-state index contributed by atoms with van der Waals surface area (Å²) in [7, 11) is 1.64. The molecule has 2 nitrogen and oxygen atoms in total. The van der Waals surface area contributed by atoms with E-state index in [4.69, 9.17) is 10.5 Å². The zero-order chi connectivity index (χ0) is 10.6. The minimum Gasteiger partial charge on any atom is -0.496 e. The maximum absolute atomic E-state index is 5.93. The molecule has 1 atom stereocenters. The van der Waals surface area contributed by atoms with Gasteiger partial charge in [-0.25, -0.2) is 0 Å². The topological polar surface area (TPSA) is 35.2 Å². The molecule has 0 aromatic heterocycles. The Kier molecular flexibility index (Phi) is 4.17. The second kappa shape index (κ2) is 5.17. The van der Waals surface area contributed by atoms with Crippen molar-refractivity contribution < 1.29 is 4.74 Å². The Bertz CT molecular complexity index is 325. The van der Waals surface area contributed by atoms with Crippen molar-refractivity contribution in [3.63, 3.8) is 0 Å². The number of rotatable bonds is 4. The van der Waals surface area contributed by atoms with E-state index in [-0.39, 0.29) is 6.04 Å². The third kappa shape index (κ3) is 2.59. The van der Waals surface area contributed by atoms with Crippen LogP contribution in [0.1, 0.15) is 18.0 Å². The minimum absolute atomic E-state index is 0.00899. The van der Waals surface area contributed by atoms with Crippen LogP contribution in [-0.2, 0) is 0 Å². The third-order valence-electron chi connectivity index (χ3n) is 2.02. The normalized spacial score (nSPS) is 12.2. The first-order valence-corrected chi connectivity index (χ1v) is 5.18. The smallest absolute Gasteiger partial charge is 0.133 e. The molecule has 0 saturated heterocycles. The molecule has 0 fully saturated rings. The van der Waals surface area contributed by atoms with Gasteiger partial charge in [0.15, 0.2) is 0 Å². The molecule has 1 aromatic carbocycles. The summed E-state index contributed by atoms with van der Waals surface area (Å²) in [5.74, 6) is 0.819. The van der Waals surface area contributed by atoms with Crippen molar-refractivity contribution >= 4 is 15.9 Å². The van der Waals surface area contributed by atoms with Gasteiger partial charge in [-0.15, -0.1) is 6.58 Å². The van der Waals surface area contributed by atoms with Crippen LogP contribution in [0.2, 0.25) is 0 Å². The molecule has 0 heterocycles. The number of hydrogen-bond donors (Lipinski definition) is 1. The molecule has 0 aliphatic heterocycles. The van der Waals surface area contributed by atoms with Crippen LogP contribution in [0.15, 0.2) is 35.3 Å². The second-order valence-electron chi connectivity index (χ2n) is 3.02. The van der Waals surface area contributed by atoms with Crippen molar-refractivity contribution in [3.8, 4) is 5.75 Å². The fraction of sp³-hybridized carbons (Fsp3) is 0.273. The van der Waals surface area contributed by atoms with Gasteiger partial charge in [-0.2, -0.15) is 0 Å². The van der Waals surface area contributed by atoms with Gasteiger partial charge < -0.3 is 10.5 Å². The molecule has 3 heteroatoms. The summed E-state index contributed by atoms with van der Waals surface area (Å²) in [5.41, 5.74) is 7.01. The molecule has 0 bridgehead atoms. The van der Waals surface area contributed by atoms with Crippen molar-refractivity contribution in [2.45, 2.75) is 12.5 Å². The number of hydrogen-bond acceptors (Lipinski definition) is 2. The number of ether oxygens (including phenoxy) is 1. The van der Waals surface area contributed by atoms with E-state index >= 15 is 0 Å². The van der Waals surface area contributed by atoms with Gasteiger partial charge in [-0.1, -0.05) is 12.1 Å². The van der Waals surface area contributed by atoms with Crippen LogP contribution in [-0.4, -0.2) is 7.11 Å². The molecular formula is C11H14BrNO. The summed E-state index contributed by atoms with van der Waals surface area (Å²) in [6.07, 6.45) is 2.60. The quantitative estimate of drug-likeness (QED) is 0.840. The van der Waals surface area contributed by atoms with Crippen LogP contribution in [0.5, 0.6) is 5.75 Å². The van der Waals surface area contributed by atoms with Crippen molar-refractivity contribution in [2.75, 3.05) is 7.11 Å². The lowest BCUT2D eigenvalue weighted by molar-refractivity contribution is 0.412. The third-order valence-corrected chi connectivity index (χ3v) is 2.64. The van der Waals surface area contributed by atoms with Crippen LogP contribution in [0.25, 0.3) is 0 Å². The van der Waals surface area contributed by atoms with E-state index < -0.39 is 0 Å². The summed E-state index contributed by atoms with van der Waals surface area (Å²) < 4.78 is 6.06. The summed E-state index contributed by atoms with van der Waals surface area (Å²) >= 11 is 3.42. The first-order valence-electron chi connectivity index (χ1n) is 4.39. The summed E-state index contributed by atoms with van der Waals surface area (Å²) in [4.78, 5) is 0. The van der Waals surface area contributed by atoms with E-state index in [2.05, 4.69) is 22.5 Å². The van der Waals surface area contributed by atoms with Crippen molar-refractivity contribution in [3.05, 3.63) is 40.9 Å². The number of methoxy groups -OCH3 is 1. The van der Waals surface area contributed by atoms with Crippen LogP contribution >= 0.6 is 15.9 Å². The molecule has 0 amide bonds. The summed E-state index contributed by atoms with van der Waals surface area (Å²) in [5, 5.41) is 0. The predicted molar refractivity (Wildman–Crippen MR) is 62.4 cm³/mol. The lowest BCUT2D eigenvalue weighted by Gasteiger charge is -2.11. The van der Waals surface area contributed by atoms with E-state index in [0.717, 1.165) is 22.2 Å². The van der Waals surface area contributed by atoms with Crippen LogP contribution < -0.4 is 10.5 Å². The largest absolute Gasteiger partial charge is 0.496 e. The van der Waals surface area contributed by atoms with Gasteiger partial charge in [0.05, 0.1) is 11.6 Å². The molecule has 14 heavy (non-hydrogen) atoms. The minimum atomic E-state index is 0.00899. The first kappa shape index (κ1) is 11.3. The van der Waals surface area contributed by atoms with E-state index in [9.17, 15) is 0 Å². The van der Waals surface area contributed by atoms with Gasteiger partial charge in [0.1, 0.15) is 5.75 Å².